The van der Waals surface area contributed by atoms with Crippen LogP contribution in [0, 0.1) is 0 Å². The lowest BCUT2D eigenvalue weighted by Crippen LogP contribution is -2.11. The van der Waals surface area contributed by atoms with Gasteiger partial charge in [0.25, 0.3) is 5.91 Å². The van der Waals surface area contributed by atoms with Crippen molar-refractivity contribution in [3.05, 3.63) is 0 Å². The first-order valence-electron chi connectivity index (χ1n) is 2.16. The Hall–Kier alpha value is -1.23. The number of rotatable bonds is 2. The molecule has 0 aromatic carbocycles. The largest absolute Gasteiger partial charge is 0.477 e. The molecular formula is C4H6N2O3. The zero-order valence-corrected chi connectivity index (χ0v) is 4.57. The third-order valence-corrected chi connectivity index (χ3v) is 0.494. The second-order valence-electron chi connectivity index (χ2n) is 1.19. The van der Waals surface area contributed by atoms with Crippen molar-refractivity contribution in [3.63, 3.8) is 0 Å². The van der Waals surface area contributed by atoms with E-state index in [-0.39, 0.29) is 6.54 Å². The van der Waals surface area contributed by atoms with Crippen LogP contribution >= 0.6 is 0 Å². The van der Waals surface area contributed by atoms with Gasteiger partial charge in [0, 0.05) is 0 Å². The Labute approximate surface area is 51.2 Å². The number of carbonyl (C=O) groups excluding carboxylic acids is 1. The number of aliphatic carboxylic acids is 1. The molecule has 3 N–H and O–H groups in total. The van der Waals surface area contributed by atoms with Gasteiger partial charge in [-0.1, -0.05) is 0 Å². The third-order valence-electron chi connectivity index (χ3n) is 0.494. The van der Waals surface area contributed by atoms with E-state index in [2.05, 4.69) is 4.99 Å². The van der Waals surface area contributed by atoms with Gasteiger partial charge in [0.1, 0.15) is 6.21 Å². The minimum absolute atomic E-state index is 0.260. The summed E-state index contributed by atoms with van der Waals surface area (Å²) < 4.78 is 0. The molecule has 0 saturated heterocycles. The highest BCUT2D eigenvalue weighted by molar-refractivity contribution is 6.24. The smallest absolute Gasteiger partial charge is 0.347 e. The number of carboxylic acid groups (broad SMARTS) is 1. The zero-order valence-electron chi connectivity index (χ0n) is 4.57. The summed E-state index contributed by atoms with van der Waals surface area (Å²) in [5.74, 6) is -1.89. The van der Waals surface area contributed by atoms with Gasteiger partial charge in [0.15, 0.2) is 0 Å². The fraction of sp³-hybridized carbons (Fsp3) is 0.250. The van der Waals surface area contributed by atoms with Crippen LogP contribution in [0.2, 0.25) is 0 Å². The maximum absolute atomic E-state index is 10.1. The van der Waals surface area contributed by atoms with Crippen molar-refractivity contribution in [2.75, 3.05) is 6.54 Å². The molecule has 1 amide bonds. The quantitative estimate of drug-likeness (QED) is 0.451. The monoisotopic (exact) mass is 130 g/mol. The summed E-state index contributed by atoms with van der Waals surface area (Å²) in [6, 6.07) is 0. The molecule has 9 heavy (non-hydrogen) atoms. The average Bonchev–Trinajstić information content (AvgIpc) is 1.83. The molecule has 0 spiro atoms. The number of amides is 1. The van der Waals surface area contributed by atoms with Crippen LogP contribution < -0.4 is 5.73 Å². The molecule has 0 aromatic rings. The molecule has 0 aliphatic heterocycles. The highest BCUT2D eigenvalue weighted by atomic mass is 16.4. The van der Waals surface area contributed by atoms with E-state index < -0.39 is 11.9 Å². The van der Waals surface area contributed by atoms with Crippen molar-refractivity contribution in [3.8, 4) is 0 Å². The second-order valence-corrected chi connectivity index (χ2v) is 1.19. The second kappa shape index (κ2) is 3.73. The van der Waals surface area contributed by atoms with E-state index in [4.69, 9.17) is 10.8 Å². The SMILES string of the molecule is NCC(=O)N=CC(=O)O. The number of hydrogen-bond donors (Lipinski definition) is 2. The molecule has 5 nitrogen and oxygen atoms in total. The summed E-state index contributed by atoms with van der Waals surface area (Å²) in [4.78, 5) is 22.8. The lowest BCUT2D eigenvalue weighted by atomic mass is 10.6. The number of hydrogen-bond acceptors (Lipinski definition) is 3. The van der Waals surface area contributed by atoms with Gasteiger partial charge in [0.2, 0.25) is 0 Å². The molecule has 0 rings (SSSR count). The summed E-state index contributed by atoms with van der Waals surface area (Å²) in [6.45, 7) is -0.260. The molecule has 50 valence electrons. The van der Waals surface area contributed by atoms with Crippen LogP contribution in [0.15, 0.2) is 4.99 Å². The number of carboxylic acids is 1. The average molecular weight is 130 g/mol. The predicted octanol–water partition coefficient (Wildman–Crippen LogP) is -1.37. The first-order chi connectivity index (χ1) is 4.16. The number of nitrogens with two attached hydrogens (primary N) is 1. The number of aliphatic imine (C=N–C) groups is 1. The topological polar surface area (TPSA) is 92.8 Å². The summed E-state index contributed by atoms with van der Waals surface area (Å²) in [5, 5.41) is 7.92. The Kier molecular flexibility index (Phi) is 3.22. The molecule has 0 aromatic heterocycles. The van der Waals surface area contributed by atoms with E-state index in [0.29, 0.717) is 6.21 Å². The molecule has 0 aliphatic carbocycles. The Bertz CT molecular complexity index is 152. The molecule has 5 heteroatoms. The van der Waals surface area contributed by atoms with E-state index in [0.717, 1.165) is 0 Å². The van der Waals surface area contributed by atoms with Crippen molar-refractivity contribution in [1.82, 2.24) is 0 Å². The molecule has 0 fully saturated rings. The lowest BCUT2D eigenvalue weighted by molar-refractivity contribution is -0.129. The maximum atomic E-state index is 10.1. The fourth-order valence-electron chi connectivity index (χ4n) is 0.180. The molecule has 0 atom stereocenters. The van der Waals surface area contributed by atoms with Crippen molar-refractivity contribution in [2.24, 2.45) is 10.7 Å². The molecule has 0 bridgehead atoms. The van der Waals surface area contributed by atoms with Crippen molar-refractivity contribution < 1.29 is 14.7 Å². The van der Waals surface area contributed by atoms with E-state index in [9.17, 15) is 9.59 Å². The highest BCUT2D eigenvalue weighted by Gasteiger charge is 1.92. The van der Waals surface area contributed by atoms with Crippen LogP contribution in [0.4, 0.5) is 0 Å². The lowest BCUT2D eigenvalue weighted by Gasteiger charge is -1.81. The maximum Gasteiger partial charge on any atom is 0.347 e. The van der Waals surface area contributed by atoms with Gasteiger partial charge in [-0.05, 0) is 0 Å². The first kappa shape index (κ1) is 7.77. The molecular weight excluding hydrogens is 124 g/mol. The van der Waals surface area contributed by atoms with Gasteiger partial charge in [-0.25, -0.2) is 9.79 Å². The summed E-state index contributed by atoms with van der Waals surface area (Å²) in [5.41, 5.74) is 4.80. The molecule has 0 aliphatic rings. The molecule has 0 heterocycles. The van der Waals surface area contributed by atoms with E-state index in [1.165, 1.54) is 0 Å². The minimum Gasteiger partial charge on any atom is -0.477 e. The Morgan fingerprint density at radius 2 is 2.22 bits per heavy atom. The van der Waals surface area contributed by atoms with Crippen LogP contribution in [0.1, 0.15) is 0 Å². The van der Waals surface area contributed by atoms with Gasteiger partial charge < -0.3 is 10.8 Å². The van der Waals surface area contributed by atoms with E-state index in [1.807, 2.05) is 0 Å². The minimum atomic E-state index is -1.25. The van der Waals surface area contributed by atoms with Crippen LogP contribution in [0.3, 0.4) is 0 Å². The predicted molar refractivity (Wildman–Crippen MR) is 30.2 cm³/mol. The Balaban J connectivity index is 3.71. The van der Waals surface area contributed by atoms with Gasteiger partial charge in [-0.2, -0.15) is 0 Å². The third kappa shape index (κ3) is 4.63. The summed E-state index contributed by atoms with van der Waals surface area (Å²) in [7, 11) is 0. The number of carbonyl (C=O) groups is 2. The van der Waals surface area contributed by atoms with Crippen LogP contribution in [0.5, 0.6) is 0 Å². The zero-order chi connectivity index (χ0) is 7.28. The molecule has 0 saturated carbocycles. The van der Waals surface area contributed by atoms with E-state index >= 15 is 0 Å². The molecule has 0 radical (unpaired) electrons. The van der Waals surface area contributed by atoms with Gasteiger partial charge in [-0.15, -0.1) is 0 Å². The van der Waals surface area contributed by atoms with Crippen molar-refractivity contribution in [2.45, 2.75) is 0 Å². The normalized spacial score (nSPS) is 9.89. The summed E-state index contributed by atoms with van der Waals surface area (Å²) >= 11 is 0. The van der Waals surface area contributed by atoms with Gasteiger partial charge in [0.05, 0.1) is 6.54 Å². The molecule has 0 unspecified atom stereocenters. The van der Waals surface area contributed by atoms with Crippen LogP contribution in [-0.2, 0) is 9.59 Å². The Morgan fingerprint density at radius 3 is 2.56 bits per heavy atom. The summed E-state index contributed by atoms with van der Waals surface area (Å²) in [6.07, 6.45) is 0.509. The van der Waals surface area contributed by atoms with Crippen molar-refractivity contribution >= 4 is 18.1 Å². The van der Waals surface area contributed by atoms with Crippen molar-refractivity contribution in [1.29, 1.82) is 0 Å². The van der Waals surface area contributed by atoms with Crippen LogP contribution in [0.25, 0.3) is 0 Å². The first-order valence-corrected chi connectivity index (χ1v) is 2.16. The van der Waals surface area contributed by atoms with Crippen LogP contribution in [-0.4, -0.2) is 29.7 Å². The van der Waals surface area contributed by atoms with Gasteiger partial charge in [-0.3, -0.25) is 4.79 Å². The Morgan fingerprint density at radius 1 is 1.67 bits per heavy atom. The van der Waals surface area contributed by atoms with Gasteiger partial charge >= 0.3 is 5.97 Å². The van der Waals surface area contributed by atoms with E-state index in [1.54, 1.807) is 0 Å². The highest BCUT2D eigenvalue weighted by Crippen LogP contribution is 1.66. The standard InChI is InChI=1S/C4H6N2O3/c5-1-3(7)6-2-4(8)9/h2H,1,5H2,(H,8,9). The number of nitrogens with zero attached hydrogens (tertiary/aromatic N) is 1. The fourth-order valence-corrected chi connectivity index (χ4v) is 0.180.